The average molecular weight is 509 g/mol. The van der Waals surface area contributed by atoms with Gasteiger partial charge in [0.25, 0.3) is 5.91 Å². The fourth-order valence-corrected chi connectivity index (χ4v) is 3.93. The Balaban J connectivity index is 1.84. The van der Waals surface area contributed by atoms with Crippen LogP contribution in [0.3, 0.4) is 0 Å². The zero-order chi connectivity index (χ0) is 27.3. The van der Waals surface area contributed by atoms with Crippen LogP contribution in [0, 0.1) is 0 Å². The van der Waals surface area contributed by atoms with Crippen molar-refractivity contribution < 1.29 is 14.3 Å². The van der Waals surface area contributed by atoms with Crippen LogP contribution >= 0.6 is 0 Å². The number of nitrogens with one attached hydrogen (secondary N) is 1. The van der Waals surface area contributed by atoms with Gasteiger partial charge in [-0.05, 0) is 83.1 Å². The first kappa shape index (κ1) is 26.5. The topological polar surface area (TPSA) is 84.4 Å². The summed E-state index contributed by atoms with van der Waals surface area (Å²) in [6, 6.07) is 20.5. The van der Waals surface area contributed by atoms with E-state index in [1.807, 2.05) is 74.5 Å². The molecule has 0 saturated heterocycles. The molecule has 2 amide bonds. The maximum Gasteiger partial charge on any atom is 0.412 e. The lowest BCUT2D eigenvalue weighted by Crippen LogP contribution is -2.33. The van der Waals surface area contributed by atoms with Crippen LogP contribution in [-0.4, -0.2) is 34.1 Å². The second-order valence-electron chi connectivity index (χ2n) is 10.2. The fraction of sp³-hybridized carbons (Fsp3) is 0.226. The van der Waals surface area contributed by atoms with E-state index >= 15 is 0 Å². The first-order valence-corrected chi connectivity index (χ1v) is 12.5. The Kier molecular flexibility index (Phi) is 7.86. The lowest BCUT2D eigenvalue weighted by molar-refractivity contribution is 0.0636. The van der Waals surface area contributed by atoms with Gasteiger partial charge in [0.1, 0.15) is 5.60 Å². The first-order chi connectivity index (χ1) is 18.1. The van der Waals surface area contributed by atoms with Crippen molar-refractivity contribution in [2.24, 2.45) is 0 Å². The second-order valence-corrected chi connectivity index (χ2v) is 10.2. The lowest BCUT2D eigenvalue weighted by Gasteiger charge is -2.25. The number of amides is 2. The molecule has 1 N–H and O–H groups in total. The molecule has 0 atom stereocenters. The Labute approximate surface area is 223 Å². The number of hydrogen-bond donors (Lipinski definition) is 1. The minimum atomic E-state index is -0.704. The van der Waals surface area contributed by atoms with Gasteiger partial charge in [-0.1, -0.05) is 29.8 Å². The molecule has 0 bridgehead atoms. The van der Waals surface area contributed by atoms with E-state index in [1.165, 1.54) is 0 Å². The van der Waals surface area contributed by atoms with Gasteiger partial charge in [-0.25, -0.2) is 9.78 Å². The van der Waals surface area contributed by atoms with E-state index in [9.17, 15) is 9.59 Å². The first-order valence-electron chi connectivity index (χ1n) is 12.5. The normalized spacial score (nSPS) is 11.1. The highest BCUT2D eigenvalue weighted by molar-refractivity contribution is 6.16. The molecule has 2 heterocycles. The van der Waals surface area contributed by atoms with E-state index < -0.39 is 11.7 Å². The SMILES string of the molecule is CC(C)=CCN(C(=O)c1ccc2nc(-c3cccnc3)ccc2c1NC(=O)OC(C)(C)C)c1ccccc1. The van der Waals surface area contributed by atoms with Crippen LogP contribution in [0.15, 0.2) is 90.8 Å². The van der Waals surface area contributed by atoms with Gasteiger partial charge in [-0.3, -0.25) is 15.1 Å². The summed E-state index contributed by atoms with van der Waals surface area (Å²) in [5.74, 6) is -0.252. The molecule has 0 saturated carbocycles. The predicted molar refractivity (Wildman–Crippen MR) is 152 cm³/mol. The molecule has 0 aliphatic heterocycles. The highest BCUT2D eigenvalue weighted by atomic mass is 16.6. The minimum absolute atomic E-state index is 0.252. The second kappa shape index (κ2) is 11.3. The molecule has 4 aromatic rings. The van der Waals surface area contributed by atoms with Crippen molar-refractivity contribution in [1.82, 2.24) is 9.97 Å². The summed E-state index contributed by atoms with van der Waals surface area (Å²) >= 11 is 0. The van der Waals surface area contributed by atoms with Gasteiger partial charge < -0.3 is 9.64 Å². The van der Waals surface area contributed by atoms with Crippen molar-refractivity contribution >= 4 is 34.3 Å². The van der Waals surface area contributed by atoms with Crippen LogP contribution in [-0.2, 0) is 4.74 Å². The Morgan fingerprint density at radius 1 is 0.974 bits per heavy atom. The van der Waals surface area contributed by atoms with Crippen molar-refractivity contribution in [1.29, 1.82) is 0 Å². The van der Waals surface area contributed by atoms with Crippen LogP contribution in [0.4, 0.5) is 16.2 Å². The summed E-state index contributed by atoms with van der Waals surface area (Å²) in [5, 5.41) is 3.47. The summed E-state index contributed by atoms with van der Waals surface area (Å²) in [5.41, 5.74) is 4.07. The van der Waals surface area contributed by atoms with E-state index in [2.05, 4.69) is 10.3 Å². The molecule has 7 heteroatoms. The zero-order valence-electron chi connectivity index (χ0n) is 22.4. The summed E-state index contributed by atoms with van der Waals surface area (Å²) < 4.78 is 5.53. The number of allylic oxidation sites excluding steroid dienone is 1. The van der Waals surface area contributed by atoms with Crippen LogP contribution in [0.25, 0.3) is 22.2 Å². The number of ether oxygens (including phenoxy) is 1. The molecule has 2 aromatic carbocycles. The third-order valence-corrected chi connectivity index (χ3v) is 5.68. The Morgan fingerprint density at radius 3 is 2.39 bits per heavy atom. The number of pyridine rings is 2. The van der Waals surface area contributed by atoms with Gasteiger partial charge >= 0.3 is 6.09 Å². The number of hydrogen-bond acceptors (Lipinski definition) is 5. The van der Waals surface area contributed by atoms with Gasteiger partial charge in [0.2, 0.25) is 0 Å². The number of para-hydroxylation sites is 1. The van der Waals surface area contributed by atoms with Gasteiger partial charge in [0, 0.05) is 35.6 Å². The monoisotopic (exact) mass is 508 g/mol. The molecule has 0 unspecified atom stereocenters. The largest absolute Gasteiger partial charge is 0.444 e. The molecule has 0 fully saturated rings. The van der Waals surface area contributed by atoms with E-state index in [1.54, 1.807) is 50.2 Å². The van der Waals surface area contributed by atoms with E-state index in [4.69, 9.17) is 9.72 Å². The van der Waals surface area contributed by atoms with Crippen molar-refractivity contribution in [3.63, 3.8) is 0 Å². The maximum absolute atomic E-state index is 14.1. The van der Waals surface area contributed by atoms with Crippen LogP contribution in [0.1, 0.15) is 45.0 Å². The minimum Gasteiger partial charge on any atom is -0.444 e. The molecule has 0 radical (unpaired) electrons. The van der Waals surface area contributed by atoms with Gasteiger partial charge in [-0.2, -0.15) is 0 Å². The van der Waals surface area contributed by atoms with E-state index in [-0.39, 0.29) is 5.91 Å². The molecule has 2 aromatic heterocycles. The number of carbonyl (C=O) groups excluding carboxylic acids is 2. The summed E-state index contributed by atoms with van der Waals surface area (Å²) in [4.78, 5) is 37.6. The maximum atomic E-state index is 14.1. The average Bonchev–Trinajstić information content (AvgIpc) is 2.88. The summed E-state index contributed by atoms with van der Waals surface area (Å²) in [6.07, 6.45) is 4.80. The number of rotatable bonds is 6. The lowest BCUT2D eigenvalue weighted by atomic mass is 10.0. The van der Waals surface area contributed by atoms with Gasteiger partial charge in [0.15, 0.2) is 0 Å². The smallest absolute Gasteiger partial charge is 0.412 e. The number of nitrogens with zero attached hydrogens (tertiary/aromatic N) is 3. The van der Waals surface area contributed by atoms with Crippen molar-refractivity contribution in [2.45, 2.75) is 40.2 Å². The third-order valence-electron chi connectivity index (χ3n) is 5.68. The Hall–Kier alpha value is -4.52. The van der Waals surface area contributed by atoms with Crippen molar-refractivity contribution in [2.75, 3.05) is 16.8 Å². The quantitative estimate of drug-likeness (QED) is 0.277. The third kappa shape index (κ3) is 6.42. The van der Waals surface area contributed by atoms with E-state index in [0.29, 0.717) is 28.7 Å². The molecule has 4 rings (SSSR count). The van der Waals surface area contributed by atoms with Gasteiger partial charge in [-0.15, -0.1) is 0 Å². The zero-order valence-corrected chi connectivity index (χ0v) is 22.4. The fourth-order valence-electron chi connectivity index (χ4n) is 3.93. The molecule has 38 heavy (non-hydrogen) atoms. The molecule has 0 spiro atoms. The van der Waals surface area contributed by atoms with Crippen LogP contribution in [0.5, 0.6) is 0 Å². The Morgan fingerprint density at radius 2 is 1.74 bits per heavy atom. The number of benzene rings is 2. The standard InChI is InChI=1S/C31H32N4O3/c1-21(2)17-19-35(23-11-7-6-8-12-23)29(36)25-14-16-27-24(28(25)34-30(37)38-31(3,4)5)13-15-26(33-27)22-10-9-18-32-20-22/h6-18,20H,19H2,1-5H3,(H,34,37). The molecular weight excluding hydrogens is 476 g/mol. The van der Waals surface area contributed by atoms with Crippen LogP contribution < -0.4 is 10.2 Å². The van der Waals surface area contributed by atoms with Crippen molar-refractivity contribution in [3.8, 4) is 11.3 Å². The van der Waals surface area contributed by atoms with Crippen molar-refractivity contribution in [3.05, 3.63) is 96.3 Å². The summed E-state index contributed by atoms with van der Waals surface area (Å²) in [6.45, 7) is 9.74. The Bertz CT molecular complexity index is 1470. The molecular formula is C31H32N4O3. The van der Waals surface area contributed by atoms with Crippen LogP contribution in [0.2, 0.25) is 0 Å². The molecule has 194 valence electrons. The number of fused-ring (bicyclic) bond motifs is 1. The predicted octanol–water partition coefficient (Wildman–Crippen LogP) is 7.26. The number of anilines is 2. The molecule has 7 nitrogen and oxygen atoms in total. The highest BCUT2D eigenvalue weighted by Crippen LogP contribution is 2.31. The molecule has 0 aliphatic carbocycles. The van der Waals surface area contributed by atoms with E-state index in [0.717, 1.165) is 22.5 Å². The highest BCUT2D eigenvalue weighted by Gasteiger charge is 2.25. The summed E-state index contributed by atoms with van der Waals surface area (Å²) in [7, 11) is 0. The molecule has 0 aliphatic rings. The number of carbonyl (C=O) groups is 2. The van der Waals surface area contributed by atoms with Gasteiger partial charge in [0.05, 0.1) is 22.5 Å². The number of aromatic nitrogens is 2.